The third-order valence-electron chi connectivity index (χ3n) is 4.42. The van der Waals surface area contributed by atoms with Crippen LogP contribution < -0.4 is 5.32 Å². The lowest BCUT2D eigenvalue weighted by atomic mass is 9.97. The fourth-order valence-corrected chi connectivity index (χ4v) is 3.77. The normalized spacial score (nSPS) is 18.8. The second kappa shape index (κ2) is 9.47. The van der Waals surface area contributed by atoms with Crippen LogP contribution in [0.25, 0.3) is 0 Å². The molecule has 26 heavy (non-hydrogen) atoms. The first kappa shape index (κ1) is 20.1. The molecule has 1 fully saturated rings. The van der Waals surface area contributed by atoms with Gasteiger partial charge in [-0.2, -0.15) is 0 Å². The van der Waals surface area contributed by atoms with Gasteiger partial charge in [-0.3, -0.25) is 4.79 Å². The van der Waals surface area contributed by atoms with Crippen molar-refractivity contribution in [3.05, 3.63) is 35.9 Å². The summed E-state index contributed by atoms with van der Waals surface area (Å²) >= 11 is 1.39. The van der Waals surface area contributed by atoms with E-state index in [4.69, 9.17) is 4.74 Å². The number of amides is 2. The van der Waals surface area contributed by atoms with Crippen LogP contribution in [0.15, 0.2) is 30.3 Å². The van der Waals surface area contributed by atoms with Gasteiger partial charge in [0.1, 0.15) is 18.7 Å². The van der Waals surface area contributed by atoms with E-state index >= 15 is 0 Å². The molecular weight excluding hydrogens is 356 g/mol. The molecule has 1 aliphatic rings. The van der Waals surface area contributed by atoms with Gasteiger partial charge in [-0.05, 0) is 11.5 Å². The van der Waals surface area contributed by atoms with Crippen LogP contribution in [0.3, 0.4) is 0 Å². The van der Waals surface area contributed by atoms with Gasteiger partial charge in [0.15, 0.2) is 0 Å². The number of rotatable bonds is 7. The standard InChI is InChI=1S/C18H24N2O5S/c1-3-12(2)15(16(21)20-11-26-10-14(20)17(22)23)19-18(24)25-9-13-7-5-4-6-8-13/h4-8,12,14-15H,3,9-11H2,1-2H3,(H,19,24)(H,22,23)/t12-,14-,15-/m0/s1. The van der Waals surface area contributed by atoms with Crippen molar-refractivity contribution in [1.29, 1.82) is 0 Å². The van der Waals surface area contributed by atoms with Crippen molar-refractivity contribution in [2.75, 3.05) is 11.6 Å². The molecule has 0 radical (unpaired) electrons. The summed E-state index contributed by atoms with van der Waals surface area (Å²) in [6.45, 7) is 3.86. The van der Waals surface area contributed by atoms with Crippen molar-refractivity contribution in [1.82, 2.24) is 10.2 Å². The number of carboxylic acid groups (broad SMARTS) is 1. The molecule has 0 bridgehead atoms. The minimum absolute atomic E-state index is 0.103. The van der Waals surface area contributed by atoms with E-state index in [9.17, 15) is 19.5 Å². The van der Waals surface area contributed by atoms with Crippen LogP contribution in [0, 0.1) is 5.92 Å². The molecule has 2 amide bonds. The van der Waals surface area contributed by atoms with Crippen LogP contribution >= 0.6 is 11.8 Å². The number of nitrogens with zero attached hydrogens (tertiary/aromatic N) is 1. The number of thioether (sulfide) groups is 1. The van der Waals surface area contributed by atoms with Crippen molar-refractivity contribution < 1.29 is 24.2 Å². The molecule has 3 atom stereocenters. The van der Waals surface area contributed by atoms with E-state index in [-0.39, 0.29) is 18.4 Å². The number of ether oxygens (including phenoxy) is 1. The molecule has 8 heteroatoms. The van der Waals surface area contributed by atoms with Crippen molar-refractivity contribution >= 4 is 29.7 Å². The molecule has 0 saturated carbocycles. The first-order valence-electron chi connectivity index (χ1n) is 8.52. The van der Waals surface area contributed by atoms with Crippen molar-refractivity contribution in [3.63, 3.8) is 0 Å². The highest BCUT2D eigenvalue weighted by atomic mass is 32.2. The van der Waals surface area contributed by atoms with E-state index in [0.717, 1.165) is 5.56 Å². The zero-order chi connectivity index (χ0) is 19.1. The monoisotopic (exact) mass is 380 g/mol. The molecule has 7 nitrogen and oxygen atoms in total. The van der Waals surface area contributed by atoms with Gasteiger partial charge in [0.25, 0.3) is 0 Å². The lowest BCUT2D eigenvalue weighted by Crippen LogP contribution is -2.54. The minimum Gasteiger partial charge on any atom is -0.480 e. The van der Waals surface area contributed by atoms with Gasteiger partial charge < -0.3 is 20.1 Å². The second-order valence-corrected chi connectivity index (χ2v) is 7.23. The van der Waals surface area contributed by atoms with Gasteiger partial charge in [-0.25, -0.2) is 9.59 Å². The Morgan fingerprint density at radius 3 is 2.65 bits per heavy atom. The second-order valence-electron chi connectivity index (χ2n) is 6.23. The number of alkyl carbamates (subject to hydrolysis) is 1. The van der Waals surface area contributed by atoms with Gasteiger partial charge in [-0.15, -0.1) is 11.8 Å². The molecule has 1 aromatic rings. The third kappa shape index (κ3) is 5.14. The molecule has 1 saturated heterocycles. The molecule has 0 aromatic heterocycles. The van der Waals surface area contributed by atoms with Crippen molar-refractivity contribution in [3.8, 4) is 0 Å². The molecule has 1 heterocycles. The Morgan fingerprint density at radius 1 is 1.35 bits per heavy atom. The molecule has 0 aliphatic carbocycles. The minimum atomic E-state index is -1.03. The molecule has 0 unspecified atom stereocenters. The zero-order valence-electron chi connectivity index (χ0n) is 14.9. The van der Waals surface area contributed by atoms with E-state index in [1.807, 2.05) is 44.2 Å². The van der Waals surface area contributed by atoms with Crippen LogP contribution in [-0.2, 0) is 20.9 Å². The Balaban J connectivity index is 2.01. The Morgan fingerprint density at radius 2 is 2.04 bits per heavy atom. The predicted molar refractivity (Wildman–Crippen MR) is 98.6 cm³/mol. The van der Waals surface area contributed by atoms with Gasteiger partial charge >= 0.3 is 12.1 Å². The number of carbonyl (C=O) groups excluding carboxylic acids is 2. The van der Waals surface area contributed by atoms with Crippen LogP contribution in [0.5, 0.6) is 0 Å². The van der Waals surface area contributed by atoms with E-state index in [2.05, 4.69) is 5.32 Å². The van der Waals surface area contributed by atoms with Crippen LogP contribution in [0.2, 0.25) is 0 Å². The van der Waals surface area contributed by atoms with Crippen LogP contribution in [0.4, 0.5) is 4.79 Å². The number of carboxylic acids is 1. The first-order chi connectivity index (χ1) is 12.4. The first-order valence-corrected chi connectivity index (χ1v) is 9.67. The Labute approximate surface area is 157 Å². The average Bonchev–Trinajstić information content (AvgIpc) is 3.14. The fourth-order valence-electron chi connectivity index (χ4n) is 2.62. The summed E-state index contributed by atoms with van der Waals surface area (Å²) in [5.74, 6) is -0.894. The summed E-state index contributed by atoms with van der Waals surface area (Å²) < 4.78 is 5.20. The Bertz CT molecular complexity index is 640. The van der Waals surface area contributed by atoms with Crippen LogP contribution in [-0.4, -0.2) is 51.7 Å². The number of hydrogen-bond donors (Lipinski definition) is 2. The summed E-state index contributed by atoms with van der Waals surface area (Å²) in [6.07, 6.45) is -0.0279. The summed E-state index contributed by atoms with van der Waals surface area (Å²) in [4.78, 5) is 37.7. The molecule has 0 spiro atoms. The smallest absolute Gasteiger partial charge is 0.408 e. The van der Waals surface area contributed by atoms with E-state index in [1.54, 1.807) is 0 Å². The van der Waals surface area contributed by atoms with E-state index < -0.39 is 24.1 Å². The molecule has 2 rings (SSSR count). The molecule has 2 N–H and O–H groups in total. The summed E-state index contributed by atoms with van der Waals surface area (Å²) in [7, 11) is 0. The lowest BCUT2D eigenvalue weighted by molar-refractivity contribution is -0.149. The average molecular weight is 380 g/mol. The predicted octanol–water partition coefficient (Wildman–Crippen LogP) is 2.31. The number of aliphatic carboxylic acids is 1. The summed E-state index contributed by atoms with van der Waals surface area (Å²) in [5.41, 5.74) is 0.843. The number of carbonyl (C=O) groups is 3. The maximum absolute atomic E-state index is 12.8. The summed E-state index contributed by atoms with van der Waals surface area (Å²) in [5, 5.41) is 11.9. The SMILES string of the molecule is CC[C@H](C)[C@H](NC(=O)OCc1ccccc1)C(=O)N1CSC[C@H]1C(=O)O. The topological polar surface area (TPSA) is 95.9 Å². The van der Waals surface area contributed by atoms with Crippen LogP contribution in [0.1, 0.15) is 25.8 Å². The van der Waals surface area contributed by atoms with Gasteiger partial charge in [0.05, 0.1) is 5.88 Å². The fraction of sp³-hybridized carbons (Fsp3) is 0.500. The largest absolute Gasteiger partial charge is 0.480 e. The highest BCUT2D eigenvalue weighted by Crippen LogP contribution is 2.24. The number of benzene rings is 1. The van der Waals surface area contributed by atoms with Gasteiger partial charge in [0.2, 0.25) is 5.91 Å². The molecule has 142 valence electrons. The Kier molecular flexibility index (Phi) is 7.32. The quantitative estimate of drug-likeness (QED) is 0.754. The van der Waals surface area contributed by atoms with Gasteiger partial charge in [-0.1, -0.05) is 50.6 Å². The molecular formula is C18H24N2O5S. The zero-order valence-corrected chi connectivity index (χ0v) is 15.7. The third-order valence-corrected chi connectivity index (χ3v) is 5.43. The summed E-state index contributed by atoms with van der Waals surface area (Å²) in [6, 6.07) is 7.56. The number of hydrogen-bond acceptors (Lipinski definition) is 5. The van der Waals surface area contributed by atoms with Crippen molar-refractivity contribution in [2.24, 2.45) is 5.92 Å². The highest BCUT2D eigenvalue weighted by molar-refractivity contribution is 7.99. The van der Waals surface area contributed by atoms with Crippen molar-refractivity contribution in [2.45, 2.75) is 39.0 Å². The van der Waals surface area contributed by atoms with E-state index in [1.165, 1.54) is 16.7 Å². The molecule has 1 aromatic carbocycles. The van der Waals surface area contributed by atoms with E-state index in [0.29, 0.717) is 18.1 Å². The Hall–Kier alpha value is -2.22. The van der Waals surface area contributed by atoms with Gasteiger partial charge in [0, 0.05) is 5.75 Å². The number of nitrogens with one attached hydrogen (secondary N) is 1. The maximum Gasteiger partial charge on any atom is 0.408 e. The highest BCUT2D eigenvalue weighted by Gasteiger charge is 2.39. The lowest BCUT2D eigenvalue weighted by Gasteiger charge is -2.29. The maximum atomic E-state index is 12.8. The molecule has 1 aliphatic heterocycles.